The Hall–Kier alpha value is -2.60. The standard InChI is InChI=1S/C18H18N2O/c19-14-17(16-11-5-2-6-12-16)20-18(21)13-7-10-15-8-3-1-4-9-15/h1-6,8-9,11-12,17H,7,10,13H2,(H,20,21). The monoisotopic (exact) mass is 278 g/mol. The molecular weight excluding hydrogens is 260 g/mol. The van der Waals surface area contributed by atoms with Gasteiger partial charge < -0.3 is 5.32 Å². The molecule has 2 aromatic carbocycles. The third-order valence-electron chi connectivity index (χ3n) is 3.28. The van der Waals surface area contributed by atoms with Crippen LogP contribution in [0.4, 0.5) is 0 Å². The summed E-state index contributed by atoms with van der Waals surface area (Å²) in [7, 11) is 0. The zero-order valence-electron chi connectivity index (χ0n) is 11.8. The van der Waals surface area contributed by atoms with Crippen LogP contribution in [0.15, 0.2) is 60.7 Å². The molecule has 0 aromatic heterocycles. The summed E-state index contributed by atoms with van der Waals surface area (Å²) in [5, 5.41) is 11.9. The molecule has 0 saturated heterocycles. The average molecular weight is 278 g/mol. The molecular formula is C18H18N2O. The van der Waals surface area contributed by atoms with Crippen molar-refractivity contribution < 1.29 is 4.79 Å². The van der Waals surface area contributed by atoms with Crippen LogP contribution in [0.3, 0.4) is 0 Å². The largest absolute Gasteiger partial charge is 0.337 e. The molecule has 21 heavy (non-hydrogen) atoms. The molecule has 0 heterocycles. The Balaban J connectivity index is 1.80. The highest BCUT2D eigenvalue weighted by Crippen LogP contribution is 2.12. The van der Waals surface area contributed by atoms with Crippen molar-refractivity contribution in [2.45, 2.75) is 25.3 Å². The lowest BCUT2D eigenvalue weighted by atomic mass is 10.1. The van der Waals surface area contributed by atoms with Gasteiger partial charge in [-0.3, -0.25) is 4.79 Å². The fourth-order valence-corrected chi connectivity index (χ4v) is 2.17. The van der Waals surface area contributed by atoms with Gasteiger partial charge in [0.2, 0.25) is 5.91 Å². The second-order valence-electron chi connectivity index (χ2n) is 4.88. The summed E-state index contributed by atoms with van der Waals surface area (Å²) in [5.74, 6) is -0.0821. The predicted octanol–water partition coefficient (Wildman–Crippen LogP) is 3.39. The summed E-state index contributed by atoms with van der Waals surface area (Å²) >= 11 is 0. The maximum Gasteiger partial charge on any atom is 0.221 e. The summed E-state index contributed by atoms with van der Waals surface area (Å²) in [6.07, 6.45) is 2.08. The highest BCUT2D eigenvalue weighted by molar-refractivity contribution is 5.76. The van der Waals surface area contributed by atoms with Gasteiger partial charge in [-0.25, -0.2) is 0 Å². The molecule has 1 N–H and O–H groups in total. The lowest BCUT2D eigenvalue weighted by Gasteiger charge is -2.11. The van der Waals surface area contributed by atoms with Gasteiger partial charge in [-0.05, 0) is 24.0 Å². The van der Waals surface area contributed by atoms with Crippen molar-refractivity contribution in [1.82, 2.24) is 5.32 Å². The van der Waals surface area contributed by atoms with Crippen LogP contribution in [-0.4, -0.2) is 5.91 Å². The second kappa shape index (κ2) is 7.86. The molecule has 0 aliphatic rings. The topological polar surface area (TPSA) is 52.9 Å². The van der Waals surface area contributed by atoms with Gasteiger partial charge in [0.15, 0.2) is 0 Å². The van der Waals surface area contributed by atoms with E-state index in [1.165, 1.54) is 5.56 Å². The van der Waals surface area contributed by atoms with E-state index in [9.17, 15) is 4.79 Å². The Morgan fingerprint density at radius 2 is 1.67 bits per heavy atom. The summed E-state index contributed by atoms with van der Waals surface area (Å²) in [6.45, 7) is 0. The molecule has 0 bridgehead atoms. The Labute approximate surface area is 125 Å². The number of hydrogen-bond acceptors (Lipinski definition) is 2. The van der Waals surface area contributed by atoms with Crippen molar-refractivity contribution in [2.75, 3.05) is 0 Å². The van der Waals surface area contributed by atoms with Crippen LogP contribution in [0, 0.1) is 11.3 Å². The Kier molecular flexibility index (Phi) is 5.54. The van der Waals surface area contributed by atoms with Gasteiger partial charge in [-0.1, -0.05) is 60.7 Å². The zero-order chi connectivity index (χ0) is 14.9. The summed E-state index contributed by atoms with van der Waals surface area (Å²) in [6, 6.07) is 20.9. The van der Waals surface area contributed by atoms with Gasteiger partial charge in [-0.15, -0.1) is 0 Å². The lowest BCUT2D eigenvalue weighted by molar-refractivity contribution is -0.121. The van der Waals surface area contributed by atoms with Crippen molar-refractivity contribution in [2.24, 2.45) is 0 Å². The first kappa shape index (κ1) is 14.8. The number of nitriles is 1. The molecule has 2 aromatic rings. The molecule has 0 fully saturated rings. The van der Waals surface area contributed by atoms with Crippen LogP contribution in [-0.2, 0) is 11.2 Å². The minimum Gasteiger partial charge on any atom is -0.337 e. The zero-order valence-corrected chi connectivity index (χ0v) is 11.8. The normalized spacial score (nSPS) is 11.4. The molecule has 0 aliphatic carbocycles. The van der Waals surface area contributed by atoms with Crippen LogP contribution >= 0.6 is 0 Å². The smallest absolute Gasteiger partial charge is 0.221 e. The Morgan fingerprint density at radius 3 is 2.29 bits per heavy atom. The average Bonchev–Trinajstić information content (AvgIpc) is 2.54. The molecule has 3 heteroatoms. The third kappa shape index (κ3) is 4.77. The number of amides is 1. The predicted molar refractivity (Wildman–Crippen MR) is 82.3 cm³/mol. The van der Waals surface area contributed by atoms with Gasteiger partial charge in [0.1, 0.15) is 6.04 Å². The van der Waals surface area contributed by atoms with Gasteiger partial charge in [0.05, 0.1) is 6.07 Å². The van der Waals surface area contributed by atoms with Gasteiger partial charge >= 0.3 is 0 Å². The van der Waals surface area contributed by atoms with Gasteiger partial charge in [-0.2, -0.15) is 5.26 Å². The molecule has 0 radical (unpaired) electrons. The number of aryl methyl sites for hydroxylation is 1. The van der Waals surface area contributed by atoms with E-state index in [1.54, 1.807) is 0 Å². The van der Waals surface area contributed by atoms with E-state index in [4.69, 9.17) is 5.26 Å². The highest BCUT2D eigenvalue weighted by atomic mass is 16.1. The molecule has 106 valence electrons. The van der Waals surface area contributed by atoms with E-state index in [1.807, 2.05) is 48.5 Å². The number of benzene rings is 2. The molecule has 0 spiro atoms. The van der Waals surface area contributed by atoms with Gasteiger partial charge in [0, 0.05) is 6.42 Å². The molecule has 1 unspecified atom stereocenters. The van der Waals surface area contributed by atoms with Crippen LogP contribution in [0.2, 0.25) is 0 Å². The number of rotatable bonds is 6. The van der Waals surface area contributed by atoms with E-state index >= 15 is 0 Å². The van der Waals surface area contributed by atoms with E-state index in [0.29, 0.717) is 6.42 Å². The number of nitrogens with zero attached hydrogens (tertiary/aromatic N) is 1. The Bertz CT molecular complexity index is 602. The summed E-state index contributed by atoms with van der Waals surface area (Å²) < 4.78 is 0. The van der Waals surface area contributed by atoms with Gasteiger partial charge in [0.25, 0.3) is 0 Å². The van der Waals surface area contributed by atoms with Crippen molar-refractivity contribution in [1.29, 1.82) is 5.26 Å². The van der Waals surface area contributed by atoms with E-state index in [-0.39, 0.29) is 5.91 Å². The van der Waals surface area contributed by atoms with Crippen molar-refractivity contribution in [3.05, 3.63) is 71.8 Å². The first-order valence-electron chi connectivity index (χ1n) is 7.07. The number of nitrogens with one attached hydrogen (secondary N) is 1. The fourth-order valence-electron chi connectivity index (χ4n) is 2.17. The summed E-state index contributed by atoms with van der Waals surface area (Å²) in [5.41, 5.74) is 2.04. The lowest BCUT2D eigenvalue weighted by Crippen LogP contribution is -2.27. The SMILES string of the molecule is N#CC(NC(=O)CCCc1ccccc1)c1ccccc1. The second-order valence-corrected chi connectivity index (χ2v) is 4.88. The maximum atomic E-state index is 11.9. The van der Waals surface area contributed by atoms with Crippen molar-refractivity contribution >= 4 is 5.91 Å². The first-order chi connectivity index (χ1) is 10.3. The quantitative estimate of drug-likeness (QED) is 0.880. The van der Waals surface area contributed by atoms with Crippen molar-refractivity contribution in [3.8, 4) is 6.07 Å². The Morgan fingerprint density at radius 1 is 1.05 bits per heavy atom. The van der Waals surface area contributed by atoms with Crippen molar-refractivity contribution in [3.63, 3.8) is 0 Å². The molecule has 0 saturated carbocycles. The molecule has 0 aliphatic heterocycles. The minimum atomic E-state index is -0.574. The maximum absolute atomic E-state index is 11.9. The van der Waals surface area contributed by atoms with Crippen LogP contribution in [0.1, 0.15) is 30.0 Å². The van der Waals surface area contributed by atoms with E-state index in [0.717, 1.165) is 18.4 Å². The van der Waals surface area contributed by atoms with E-state index < -0.39 is 6.04 Å². The van der Waals surface area contributed by atoms with E-state index in [2.05, 4.69) is 23.5 Å². The molecule has 2 rings (SSSR count). The minimum absolute atomic E-state index is 0.0821. The van der Waals surface area contributed by atoms with Crippen LogP contribution in [0.5, 0.6) is 0 Å². The number of carbonyl (C=O) groups is 1. The highest BCUT2D eigenvalue weighted by Gasteiger charge is 2.12. The molecule has 1 amide bonds. The molecule has 3 nitrogen and oxygen atoms in total. The number of hydrogen-bond donors (Lipinski definition) is 1. The number of carbonyl (C=O) groups excluding carboxylic acids is 1. The van der Waals surface area contributed by atoms with Crippen LogP contribution in [0.25, 0.3) is 0 Å². The third-order valence-corrected chi connectivity index (χ3v) is 3.28. The first-order valence-corrected chi connectivity index (χ1v) is 7.07. The molecule has 1 atom stereocenters. The van der Waals surface area contributed by atoms with Crippen LogP contribution < -0.4 is 5.32 Å². The fraction of sp³-hybridized carbons (Fsp3) is 0.222. The summed E-state index contributed by atoms with van der Waals surface area (Å²) in [4.78, 5) is 11.9.